The van der Waals surface area contributed by atoms with Crippen molar-refractivity contribution in [1.82, 2.24) is 25.3 Å². The van der Waals surface area contributed by atoms with Crippen molar-refractivity contribution in [3.8, 4) is 6.01 Å². The molecule has 0 aromatic carbocycles. The van der Waals surface area contributed by atoms with Gasteiger partial charge in [0.2, 0.25) is 0 Å². The lowest BCUT2D eigenvalue weighted by atomic mass is 10.1. The molecule has 2 N–H and O–H groups in total. The number of methoxy groups -OCH3 is 1. The van der Waals surface area contributed by atoms with Gasteiger partial charge in [0.15, 0.2) is 0 Å². The molecule has 2 aromatic rings. The lowest BCUT2D eigenvalue weighted by Crippen LogP contribution is -2.24. The van der Waals surface area contributed by atoms with Crippen molar-refractivity contribution < 1.29 is 4.74 Å². The first-order valence-electron chi connectivity index (χ1n) is 5.93. The predicted molar refractivity (Wildman–Crippen MR) is 67.3 cm³/mol. The third-order valence-corrected chi connectivity index (χ3v) is 2.56. The van der Waals surface area contributed by atoms with Crippen LogP contribution in [0.5, 0.6) is 6.01 Å². The number of ether oxygens (including phenoxy) is 1. The summed E-state index contributed by atoms with van der Waals surface area (Å²) in [7, 11) is 1.55. The largest absolute Gasteiger partial charge is 0.467 e. The molecule has 6 heteroatoms. The van der Waals surface area contributed by atoms with Crippen LogP contribution >= 0.6 is 0 Å². The molecule has 0 aliphatic rings. The number of hydrogen-bond donors (Lipinski definition) is 2. The van der Waals surface area contributed by atoms with Crippen LogP contribution in [0.25, 0.3) is 0 Å². The van der Waals surface area contributed by atoms with Gasteiger partial charge in [-0.05, 0) is 13.0 Å². The fraction of sp³-hybridized carbons (Fsp3) is 0.417. The Labute approximate surface area is 106 Å². The van der Waals surface area contributed by atoms with Crippen LogP contribution in [0.1, 0.15) is 30.8 Å². The average Bonchev–Trinajstić information content (AvgIpc) is 2.94. The second kappa shape index (κ2) is 6.11. The molecule has 0 radical (unpaired) electrons. The lowest BCUT2D eigenvalue weighted by Gasteiger charge is -2.16. The standard InChI is InChI=1S/C12H17N5O/c1-3-4-13-10(11-14-5-6-15-11)9-7-16-12(18-2)17-8-9/h5-8,10,13H,3-4H2,1-2H3,(H,14,15). The number of imidazole rings is 1. The Morgan fingerprint density at radius 1 is 1.33 bits per heavy atom. The van der Waals surface area contributed by atoms with Gasteiger partial charge >= 0.3 is 6.01 Å². The van der Waals surface area contributed by atoms with Crippen molar-refractivity contribution in [3.63, 3.8) is 0 Å². The van der Waals surface area contributed by atoms with Crippen molar-refractivity contribution in [1.29, 1.82) is 0 Å². The van der Waals surface area contributed by atoms with E-state index in [1.165, 1.54) is 0 Å². The van der Waals surface area contributed by atoms with Gasteiger partial charge in [0.1, 0.15) is 5.82 Å². The Morgan fingerprint density at radius 3 is 2.67 bits per heavy atom. The molecule has 0 amide bonds. The second-order valence-corrected chi connectivity index (χ2v) is 3.86. The first kappa shape index (κ1) is 12.5. The van der Waals surface area contributed by atoms with Crippen LogP contribution < -0.4 is 10.1 Å². The van der Waals surface area contributed by atoms with Crippen LogP contribution in [0.2, 0.25) is 0 Å². The van der Waals surface area contributed by atoms with E-state index in [4.69, 9.17) is 4.74 Å². The highest BCUT2D eigenvalue weighted by Crippen LogP contribution is 2.18. The minimum Gasteiger partial charge on any atom is -0.467 e. The van der Waals surface area contributed by atoms with Crippen molar-refractivity contribution >= 4 is 0 Å². The molecule has 0 fully saturated rings. The maximum Gasteiger partial charge on any atom is 0.316 e. The quantitative estimate of drug-likeness (QED) is 0.804. The number of hydrogen-bond acceptors (Lipinski definition) is 5. The second-order valence-electron chi connectivity index (χ2n) is 3.86. The first-order valence-corrected chi connectivity index (χ1v) is 5.93. The van der Waals surface area contributed by atoms with E-state index in [2.05, 4.69) is 32.2 Å². The number of aromatic amines is 1. The van der Waals surface area contributed by atoms with Gasteiger partial charge in [-0.1, -0.05) is 6.92 Å². The van der Waals surface area contributed by atoms with Gasteiger partial charge in [0.25, 0.3) is 0 Å². The van der Waals surface area contributed by atoms with Crippen molar-refractivity contribution in [2.24, 2.45) is 0 Å². The molecule has 0 bridgehead atoms. The van der Waals surface area contributed by atoms with Crippen LogP contribution in [0.4, 0.5) is 0 Å². The fourth-order valence-electron chi connectivity index (χ4n) is 1.68. The van der Waals surface area contributed by atoms with Crippen molar-refractivity contribution in [3.05, 3.63) is 36.2 Å². The van der Waals surface area contributed by atoms with Crippen molar-refractivity contribution in [2.75, 3.05) is 13.7 Å². The minimum atomic E-state index is -0.0224. The maximum absolute atomic E-state index is 4.95. The summed E-state index contributed by atoms with van der Waals surface area (Å²) in [5.41, 5.74) is 0.958. The first-order chi connectivity index (χ1) is 8.85. The molecule has 1 atom stereocenters. The maximum atomic E-state index is 4.95. The molecule has 0 saturated carbocycles. The number of nitrogens with one attached hydrogen (secondary N) is 2. The van der Waals surface area contributed by atoms with Gasteiger partial charge < -0.3 is 15.0 Å². The fourth-order valence-corrected chi connectivity index (χ4v) is 1.68. The Bertz CT molecular complexity index is 454. The van der Waals surface area contributed by atoms with Crippen LogP contribution in [0, 0.1) is 0 Å². The van der Waals surface area contributed by atoms with E-state index in [1.54, 1.807) is 31.9 Å². The Morgan fingerprint density at radius 2 is 2.11 bits per heavy atom. The highest BCUT2D eigenvalue weighted by molar-refractivity contribution is 5.20. The molecule has 0 aliphatic carbocycles. The summed E-state index contributed by atoms with van der Waals surface area (Å²) in [5.74, 6) is 0.859. The Hall–Kier alpha value is -1.95. The van der Waals surface area contributed by atoms with Crippen LogP contribution in [0.15, 0.2) is 24.8 Å². The van der Waals surface area contributed by atoms with Gasteiger partial charge in [0.05, 0.1) is 13.2 Å². The van der Waals surface area contributed by atoms with Gasteiger partial charge in [-0.2, -0.15) is 0 Å². The highest BCUT2D eigenvalue weighted by atomic mass is 16.5. The summed E-state index contributed by atoms with van der Waals surface area (Å²) in [5, 5.41) is 3.41. The van der Waals surface area contributed by atoms with E-state index in [9.17, 15) is 0 Å². The minimum absolute atomic E-state index is 0.0224. The van der Waals surface area contributed by atoms with Crippen LogP contribution in [-0.2, 0) is 0 Å². The van der Waals surface area contributed by atoms with E-state index < -0.39 is 0 Å². The summed E-state index contributed by atoms with van der Waals surface area (Å²) >= 11 is 0. The van der Waals surface area contributed by atoms with Crippen LogP contribution in [-0.4, -0.2) is 33.6 Å². The molecule has 1 unspecified atom stereocenters. The summed E-state index contributed by atoms with van der Waals surface area (Å²) in [4.78, 5) is 15.6. The van der Waals surface area contributed by atoms with Gasteiger partial charge in [-0.3, -0.25) is 0 Å². The number of aromatic nitrogens is 4. The molecular weight excluding hydrogens is 230 g/mol. The predicted octanol–water partition coefficient (Wildman–Crippen LogP) is 1.30. The molecular formula is C12H17N5O. The van der Waals surface area contributed by atoms with E-state index in [1.807, 2.05) is 0 Å². The lowest BCUT2D eigenvalue weighted by molar-refractivity contribution is 0.378. The highest BCUT2D eigenvalue weighted by Gasteiger charge is 2.16. The molecule has 6 nitrogen and oxygen atoms in total. The van der Waals surface area contributed by atoms with Gasteiger partial charge in [0, 0.05) is 30.4 Å². The molecule has 18 heavy (non-hydrogen) atoms. The van der Waals surface area contributed by atoms with Crippen molar-refractivity contribution in [2.45, 2.75) is 19.4 Å². The number of nitrogens with zero attached hydrogens (tertiary/aromatic N) is 3. The van der Waals surface area contributed by atoms with E-state index in [-0.39, 0.29) is 6.04 Å². The third-order valence-electron chi connectivity index (χ3n) is 2.56. The zero-order chi connectivity index (χ0) is 12.8. The summed E-state index contributed by atoms with van der Waals surface area (Å²) in [6.45, 7) is 3.02. The van der Waals surface area contributed by atoms with Gasteiger partial charge in [-0.25, -0.2) is 15.0 Å². The monoisotopic (exact) mass is 247 g/mol. The molecule has 0 aliphatic heterocycles. The normalized spacial score (nSPS) is 12.3. The molecule has 0 saturated heterocycles. The van der Waals surface area contributed by atoms with E-state index in [0.717, 1.165) is 24.4 Å². The third kappa shape index (κ3) is 2.84. The SMILES string of the molecule is CCCNC(c1cnc(OC)nc1)c1ncc[nH]1. The molecule has 2 aromatic heterocycles. The average molecular weight is 247 g/mol. The summed E-state index contributed by atoms with van der Waals surface area (Å²) in [6, 6.07) is 0.346. The van der Waals surface area contributed by atoms with E-state index in [0.29, 0.717) is 6.01 Å². The smallest absolute Gasteiger partial charge is 0.316 e. The summed E-state index contributed by atoms with van der Waals surface area (Å²) < 4.78 is 4.95. The molecule has 96 valence electrons. The van der Waals surface area contributed by atoms with E-state index >= 15 is 0 Å². The zero-order valence-corrected chi connectivity index (χ0v) is 10.6. The summed E-state index contributed by atoms with van der Waals surface area (Å²) in [6.07, 6.45) is 8.10. The Balaban J connectivity index is 2.21. The molecule has 2 rings (SSSR count). The van der Waals surface area contributed by atoms with Gasteiger partial charge in [-0.15, -0.1) is 0 Å². The number of rotatable bonds is 6. The topological polar surface area (TPSA) is 75.7 Å². The molecule has 0 spiro atoms. The number of H-pyrrole nitrogens is 1. The Kier molecular flexibility index (Phi) is 4.25. The molecule has 2 heterocycles. The zero-order valence-electron chi connectivity index (χ0n) is 10.6. The van der Waals surface area contributed by atoms with Crippen LogP contribution in [0.3, 0.4) is 0 Å².